The van der Waals surface area contributed by atoms with Gasteiger partial charge in [-0.05, 0) is 20.2 Å². The highest BCUT2D eigenvalue weighted by atomic mass is 16.1. The van der Waals surface area contributed by atoms with E-state index in [0.29, 0.717) is 23.1 Å². The third-order valence-electron chi connectivity index (χ3n) is 3.70. The minimum atomic E-state index is -0.539. The molecule has 1 aliphatic rings. The number of piperazine rings is 1. The number of likely N-dealkylation sites (N-methyl/N-ethyl adjacent to an activating group) is 2. The highest BCUT2D eigenvalue weighted by Crippen LogP contribution is 2.15. The van der Waals surface area contributed by atoms with E-state index >= 15 is 0 Å². The molecule has 20 heavy (non-hydrogen) atoms. The number of hydrogen-bond acceptors (Lipinski definition) is 6. The van der Waals surface area contributed by atoms with Crippen LogP contribution in [0.5, 0.6) is 0 Å². The van der Waals surface area contributed by atoms with Crippen molar-refractivity contribution >= 4 is 17.4 Å². The van der Waals surface area contributed by atoms with Gasteiger partial charge in [-0.1, -0.05) is 0 Å². The molecule has 1 unspecified atom stereocenters. The number of carbonyl (C=O) groups is 1. The Morgan fingerprint density at radius 1 is 1.50 bits per heavy atom. The first-order valence-corrected chi connectivity index (χ1v) is 6.65. The van der Waals surface area contributed by atoms with Crippen molar-refractivity contribution in [2.45, 2.75) is 6.04 Å². The smallest absolute Gasteiger partial charge is 0.250 e. The van der Waals surface area contributed by atoms with E-state index < -0.39 is 5.91 Å². The molecule has 7 heteroatoms. The van der Waals surface area contributed by atoms with Crippen LogP contribution >= 0.6 is 0 Å². The Bertz CT molecular complexity index is 492. The molecule has 1 amide bonds. The lowest BCUT2D eigenvalue weighted by Crippen LogP contribution is -2.52. The Kier molecular flexibility index (Phi) is 4.41. The Hall–Kier alpha value is -1.86. The third-order valence-corrected chi connectivity index (χ3v) is 3.70. The van der Waals surface area contributed by atoms with Crippen molar-refractivity contribution in [3.63, 3.8) is 0 Å². The van der Waals surface area contributed by atoms with Gasteiger partial charge < -0.3 is 21.7 Å². The monoisotopic (exact) mass is 278 g/mol. The summed E-state index contributed by atoms with van der Waals surface area (Å²) >= 11 is 0. The molecule has 5 N–H and O–H groups in total. The molecule has 1 aromatic rings. The molecule has 1 aliphatic heterocycles. The van der Waals surface area contributed by atoms with Crippen molar-refractivity contribution in [2.24, 2.45) is 5.73 Å². The average Bonchev–Trinajstić information content (AvgIpc) is 2.41. The van der Waals surface area contributed by atoms with Crippen LogP contribution in [0.4, 0.5) is 11.5 Å². The Morgan fingerprint density at radius 3 is 2.95 bits per heavy atom. The standard InChI is InChI=1S/C13H22N6O/c1-18-3-4-19(2)9(8-18)6-16-12-5-10(13(15)20)11(14)7-17-12/h5,7,9H,3-4,6,8,14H2,1-2H3,(H2,15,20)(H,16,17). The van der Waals surface area contributed by atoms with Crippen molar-refractivity contribution < 1.29 is 4.79 Å². The molecule has 110 valence electrons. The van der Waals surface area contributed by atoms with Gasteiger partial charge in [0.1, 0.15) is 5.82 Å². The molecule has 0 bridgehead atoms. The number of nitrogens with zero attached hydrogens (tertiary/aromatic N) is 3. The molecule has 1 aromatic heterocycles. The fraction of sp³-hybridized carbons (Fsp3) is 0.538. The molecule has 1 saturated heterocycles. The molecule has 0 radical (unpaired) electrons. The zero-order valence-corrected chi connectivity index (χ0v) is 12.0. The third kappa shape index (κ3) is 3.37. The summed E-state index contributed by atoms with van der Waals surface area (Å²) in [5.74, 6) is 0.0806. The number of primary amides is 1. The fourth-order valence-electron chi connectivity index (χ4n) is 2.32. The maximum atomic E-state index is 11.2. The first-order chi connectivity index (χ1) is 9.47. The van der Waals surface area contributed by atoms with Crippen molar-refractivity contribution in [1.29, 1.82) is 0 Å². The van der Waals surface area contributed by atoms with E-state index in [1.807, 2.05) is 0 Å². The highest BCUT2D eigenvalue weighted by Gasteiger charge is 2.21. The molecule has 2 rings (SSSR count). The summed E-state index contributed by atoms with van der Waals surface area (Å²) < 4.78 is 0. The van der Waals surface area contributed by atoms with E-state index in [0.717, 1.165) is 26.2 Å². The first-order valence-electron chi connectivity index (χ1n) is 6.65. The normalized spacial score (nSPS) is 20.8. The van der Waals surface area contributed by atoms with Gasteiger partial charge in [-0.3, -0.25) is 9.69 Å². The van der Waals surface area contributed by atoms with Crippen molar-refractivity contribution in [2.75, 3.05) is 51.3 Å². The Labute approximate surface area is 118 Å². The van der Waals surface area contributed by atoms with E-state index in [2.05, 4.69) is 34.2 Å². The zero-order valence-electron chi connectivity index (χ0n) is 12.0. The number of aromatic nitrogens is 1. The number of pyridine rings is 1. The van der Waals surface area contributed by atoms with Gasteiger partial charge in [-0.2, -0.15) is 0 Å². The molecular weight excluding hydrogens is 256 g/mol. The van der Waals surface area contributed by atoms with Crippen molar-refractivity contribution in [3.05, 3.63) is 17.8 Å². The predicted octanol–water partition coefficient (Wildman–Crippen LogP) is -0.580. The molecule has 0 aromatic carbocycles. The SMILES string of the molecule is CN1CCN(C)C(CNc2cc(C(N)=O)c(N)cn2)C1. The van der Waals surface area contributed by atoms with E-state index in [9.17, 15) is 4.79 Å². The molecule has 0 aliphatic carbocycles. The fourth-order valence-corrected chi connectivity index (χ4v) is 2.32. The lowest BCUT2D eigenvalue weighted by atomic mass is 10.2. The van der Waals surface area contributed by atoms with Crippen LogP contribution in [0.2, 0.25) is 0 Å². The van der Waals surface area contributed by atoms with Crippen LogP contribution in [-0.2, 0) is 0 Å². The van der Waals surface area contributed by atoms with Gasteiger partial charge in [0.15, 0.2) is 0 Å². The van der Waals surface area contributed by atoms with Crippen LogP contribution in [0, 0.1) is 0 Å². The molecular formula is C13H22N6O. The van der Waals surface area contributed by atoms with Gasteiger partial charge in [-0.15, -0.1) is 0 Å². The molecule has 7 nitrogen and oxygen atoms in total. The number of nitrogens with one attached hydrogen (secondary N) is 1. The lowest BCUT2D eigenvalue weighted by molar-refractivity contribution is 0.100. The predicted molar refractivity (Wildman–Crippen MR) is 79.6 cm³/mol. The Morgan fingerprint density at radius 2 is 2.25 bits per heavy atom. The number of carbonyl (C=O) groups excluding carboxylic acids is 1. The van der Waals surface area contributed by atoms with E-state index in [1.54, 1.807) is 6.07 Å². The topological polar surface area (TPSA) is 101 Å². The zero-order chi connectivity index (χ0) is 14.7. The maximum Gasteiger partial charge on any atom is 0.250 e. The number of nitrogen functional groups attached to an aromatic ring is 1. The van der Waals surface area contributed by atoms with Gasteiger partial charge in [0.25, 0.3) is 5.91 Å². The van der Waals surface area contributed by atoms with Crippen LogP contribution < -0.4 is 16.8 Å². The summed E-state index contributed by atoms with van der Waals surface area (Å²) in [4.78, 5) is 20.0. The minimum Gasteiger partial charge on any atom is -0.397 e. The molecule has 2 heterocycles. The van der Waals surface area contributed by atoms with Gasteiger partial charge in [0.05, 0.1) is 17.4 Å². The molecule has 0 spiro atoms. The first kappa shape index (κ1) is 14.5. The highest BCUT2D eigenvalue weighted by molar-refractivity contribution is 5.98. The Balaban J connectivity index is 2.00. The van der Waals surface area contributed by atoms with Crippen LogP contribution in [-0.4, -0.2) is 67.0 Å². The maximum absolute atomic E-state index is 11.2. The van der Waals surface area contributed by atoms with E-state index in [1.165, 1.54) is 6.20 Å². The molecule has 1 atom stereocenters. The summed E-state index contributed by atoms with van der Waals surface area (Å²) in [6, 6.07) is 2.01. The van der Waals surface area contributed by atoms with Crippen LogP contribution in [0.1, 0.15) is 10.4 Å². The number of nitrogens with two attached hydrogens (primary N) is 2. The minimum absolute atomic E-state index is 0.302. The van der Waals surface area contributed by atoms with Crippen LogP contribution in [0.3, 0.4) is 0 Å². The van der Waals surface area contributed by atoms with Crippen molar-refractivity contribution in [1.82, 2.24) is 14.8 Å². The van der Waals surface area contributed by atoms with E-state index in [-0.39, 0.29) is 0 Å². The molecule has 1 fully saturated rings. The quantitative estimate of drug-likeness (QED) is 0.681. The average molecular weight is 278 g/mol. The summed E-state index contributed by atoms with van der Waals surface area (Å²) in [6.07, 6.45) is 1.46. The van der Waals surface area contributed by atoms with E-state index in [4.69, 9.17) is 11.5 Å². The van der Waals surface area contributed by atoms with Gasteiger partial charge in [-0.25, -0.2) is 4.98 Å². The number of hydrogen-bond donors (Lipinski definition) is 3. The second-order valence-corrected chi connectivity index (χ2v) is 5.30. The molecule has 0 saturated carbocycles. The summed E-state index contributed by atoms with van der Waals surface area (Å²) in [6.45, 7) is 3.89. The van der Waals surface area contributed by atoms with Gasteiger partial charge >= 0.3 is 0 Å². The van der Waals surface area contributed by atoms with Crippen LogP contribution in [0.25, 0.3) is 0 Å². The lowest BCUT2D eigenvalue weighted by Gasteiger charge is -2.37. The summed E-state index contributed by atoms with van der Waals surface area (Å²) in [5, 5.41) is 3.25. The van der Waals surface area contributed by atoms with Gasteiger partial charge in [0, 0.05) is 32.2 Å². The summed E-state index contributed by atoms with van der Waals surface area (Å²) in [5.41, 5.74) is 11.5. The van der Waals surface area contributed by atoms with Crippen LogP contribution in [0.15, 0.2) is 12.3 Å². The number of anilines is 2. The van der Waals surface area contributed by atoms with Crippen molar-refractivity contribution in [3.8, 4) is 0 Å². The second-order valence-electron chi connectivity index (χ2n) is 5.30. The largest absolute Gasteiger partial charge is 0.397 e. The second kappa shape index (κ2) is 6.06. The summed E-state index contributed by atoms with van der Waals surface area (Å²) in [7, 11) is 4.23. The van der Waals surface area contributed by atoms with Gasteiger partial charge in [0.2, 0.25) is 0 Å². The number of amides is 1. The number of rotatable bonds is 4.